The number of aliphatic hydroxyl groups is 1. The summed E-state index contributed by atoms with van der Waals surface area (Å²) in [6, 6.07) is -0.921. The number of carbonyl (C=O) groups excluding carboxylic acids is 4. The van der Waals surface area contributed by atoms with Gasteiger partial charge in [-0.25, -0.2) is 14.4 Å². The van der Waals surface area contributed by atoms with E-state index in [1.54, 1.807) is 0 Å². The van der Waals surface area contributed by atoms with Gasteiger partial charge in [-0.2, -0.15) is 0 Å². The molecule has 0 saturated heterocycles. The third-order valence-corrected chi connectivity index (χ3v) is 5.93. The Morgan fingerprint density at radius 1 is 1.18 bits per heavy atom. The molecule has 206 valence electrons. The average Bonchev–Trinajstić information content (AvgIpc) is 3.35. The molecule has 3 rings (SSSR count). The maximum Gasteiger partial charge on any atom is 0.273 e. The van der Waals surface area contributed by atoms with Crippen molar-refractivity contribution in [3.63, 3.8) is 0 Å². The van der Waals surface area contributed by atoms with E-state index in [1.165, 1.54) is 19.3 Å². The number of hydrogen-bond acceptors (Lipinski definition) is 8. The van der Waals surface area contributed by atoms with Crippen molar-refractivity contribution in [1.82, 2.24) is 31.2 Å². The molecule has 0 radical (unpaired) electrons. The van der Waals surface area contributed by atoms with Crippen molar-refractivity contribution in [3.8, 4) is 0 Å². The molecule has 1 aliphatic rings. The third-order valence-electron chi connectivity index (χ3n) is 5.93. The highest BCUT2D eigenvalue weighted by Crippen LogP contribution is 2.21. The van der Waals surface area contributed by atoms with Crippen LogP contribution in [0.5, 0.6) is 0 Å². The van der Waals surface area contributed by atoms with Gasteiger partial charge in [0.15, 0.2) is 5.69 Å². The quantitative estimate of drug-likeness (QED) is 0.379. The highest BCUT2D eigenvalue weighted by Gasteiger charge is 2.33. The number of fused-ring (bicyclic) bond motifs is 2. The standard InChI is InChI=1S/C25H33FN6O6/c1-13(2)10-18-25-31-19(12-38-25)21(34)27-9-5-4-6-17(23(36)32-20(14(3)33)24(37)30-18)29-22(35)16-8-7-15(26)11-28-16/h7-8,11-14,17-18,20,33H,4-6,9-10H2,1-3H3,(H,27,34)(H,29,35)(H,30,37)(H,32,36)/t14-,17+,18+,20+/m1/s1. The Hall–Kier alpha value is -3.87. The van der Waals surface area contributed by atoms with Crippen LogP contribution in [-0.2, 0) is 9.59 Å². The lowest BCUT2D eigenvalue weighted by Crippen LogP contribution is -2.57. The molecule has 4 amide bonds. The molecule has 5 N–H and O–H groups in total. The molecule has 0 aromatic carbocycles. The fourth-order valence-electron chi connectivity index (χ4n) is 3.94. The third kappa shape index (κ3) is 7.81. The first kappa shape index (κ1) is 28.7. The summed E-state index contributed by atoms with van der Waals surface area (Å²) in [5, 5.41) is 20.9. The highest BCUT2D eigenvalue weighted by molar-refractivity contribution is 5.97. The lowest BCUT2D eigenvalue weighted by molar-refractivity contribution is -0.133. The molecular weight excluding hydrogens is 499 g/mol. The number of amides is 4. The van der Waals surface area contributed by atoms with Crippen molar-refractivity contribution < 1.29 is 33.1 Å². The van der Waals surface area contributed by atoms with Gasteiger partial charge < -0.3 is 30.8 Å². The molecule has 0 fully saturated rings. The molecule has 0 spiro atoms. The van der Waals surface area contributed by atoms with Gasteiger partial charge in [0.2, 0.25) is 17.7 Å². The average molecular weight is 533 g/mol. The van der Waals surface area contributed by atoms with Crippen LogP contribution < -0.4 is 21.3 Å². The molecular formula is C25H33FN6O6. The minimum Gasteiger partial charge on any atom is -0.446 e. The van der Waals surface area contributed by atoms with Crippen molar-refractivity contribution in [2.75, 3.05) is 6.54 Å². The fourth-order valence-corrected chi connectivity index (χ4v) is 3.94. The first-order valence-corrected chi connectivity index (χ1v) is 12.5. The molecule has 13 heteroatoms. The van der Waals surface area contributed by atoms with Crippen LogP contribution in [0, 0.1) is 11.7 Å². The predicted octanol–water partition coefficient (Wildman–Crippen LogP) is 0.990. The van der Waals surface area contributed by atoms with Crippen LogP contribution in [0.3, 0.4) is 0 Å². The predicted molar refractivity (Wildman–Crippen MR) is 132 cm³/mol. The van der Waals surface area contributed by atoms with E-state index < -0.39 is 53.7 Å². The fraction of sp³-hybridized carbons (Fsp3) is 0.520. The Morgan fingerprint density at radius 3 is 2.61 bits per heavy atom. The first-order valence-electron chi connectivity index (χ1n) is 12.5. The Labute approximate surface area is 219 Å². The van der Waals surface area contributed by atoms with E-state index in [2.05, 4.69) is 31.2 Å². The first-order chi connectivity index (χ1) is 18.0. The summed E-state index contributed by atoms with van der Waals surface area (Å²) in [6.07, 6.45) is 2.28. The minimum atomic E-state index is -1.36. The monoisotopic (exact) mass is 532 g/mol. The van der Waals surface area contributed by atoms with E-state index in [4.69, 9.17) is 4.42 Å². The summed E-state index contributed by atoms with van der Waals surface area (Å²) in [4.78, 5) is 59.5. The Kier molecular flexibility index (Phi) is 9.88. The van der Waals surface area contributed by atoms with Crippen molar-refractivity contribution in [1.29, 1.82) is 0 Å². The van der Waals surface area contributed by atoms with Gasteiger partial charge in [0.05, 0.1) is 12.3 Å². The van der Waals surface area contributed by atoms with Crippen LogP contribution >= 0.6 is 0 Å². The molecule has 38 heavy (non-hydrogen) atoms. The summed E-state index contributed by atoms with van der Waals surface area (Å²) in [5.41, 5.74) is -0.0307. The van der Waals surface area contributed by atoms with Crippen molar-refractivity contribution in [2.45, 2.75) is 70.7 Å². The van der Waals surface area contributed by atoms with Gasteiger partial charge in [-0.3, -0.25) is 19.2 Å². The Balaban J connectivity index is 1.86. The smallest absolute Gasteiger partial charge is 0.273 e. The van der Waals surface area contributed by atoms with E-state index in [9.17, 15) is 28.7 Å². The van der Waals surface area contributed by atoms with Gasteiger partial charge in [0, 0.05) is 6.54 Å². The molecule has 12 nitrogen and oxygen atoms in total. The second-order valence-corrected chi connectivity index (χ2v) is 9.63. The second-order valence-electron chi connectivity index (χ2n) is 9.63. The van der Waals surface area contributed by atoms with Crippen molar-refractivity contribution in [2.24, 2.45) is 5.92 Å². The van der Waals surface area contributed by atoms with Crippen LogP contribution in [0.2, 0.25) is 0 Å². The number of aliphatic hydroxyl groups excluding tert-OH is 1. The summed E-state index contributed by atoms with van der Waals surface area (Å²) >= 11 is 0. The minimum absolute atomic E-state index is 0.0624. The van der Waals surface area contributed by atoms with Gasteiger partial charge in [0.1, 0.15) is 35.9 Å². The number of carbonyl (C=O) groups is 4. The second kappa shape index (κ2) is 13.1. The molecule has 0 aliphatic carbocycles. The van der Waals surface area contributed by atoms with E-state index in [0.717, 1.165) is 12.3 Å². The number of nitrogens with zero attached hydrogens (tertiary/aromatic N) is 2. The van der Waals surface area contributed by atoms with Gasteiger partial charge in [0.25, 0.3) is 11.8 Å². The van der Waals surface area contributed by atoms with Crippen molar-refractivity contribution >= 4 is 23.6 Å². The zero-order valence-corrected chi connectivity index (χ0v) is 21.5. The number of pyridine rings is 1. The molecule has 4 atom stereocenters. The zero-order valence-electron chi connectivity index (χ0n) is 21.5. The maximum atomic E-state index is 13.2. The SMILES string of the molecule is CC(C)C[C@@H]1NC(=O)[C@H]([C@@H](C)O)NC(=O)[C@@H](NC(=O)c2ccc(F)cn2)CCCCNC(=O)c2coc1n2. The van der Waals surface area contributed by atoms with Crippen LogP contribution in [0.25, 0.3) is 0 Å². The van der Waals surface area contributed by atoms with Gasteiger partial charge in [-0.05, 0) is 50.7 Å². The summed E-state index contributed by atoms with van der Waals surface area (Å²) < 4.78 is 18.7. The Bertz CT molecular complexity index is 1140. The van der Waals surface area contributed by atoms with Crippen LogP contribution in [0.1, 0.15) is 79.4 Å². The number of nitrogens with one attached hydrogen (secondary N) is 4. The van der Waals surface area contributed by atoms with Crippen molar-refractivity contribution in [3.05, 3.63) is 47.7 Å². The van der Waals surface area contributed by atoms with E-state index >= 15 is 0 Å². The molecule has 2 aromatic heterocycles. The number of oxazole rings is 1. The molecule has 3 heterocycles. The summed E-state index contributed by atoms with van der Waals surface area (Å²) in [6.45, 7) is 5.49. The number of aromatic nitrogens is 2. The van der Waals surface area contributed by atoms with Crippen LogP contribution in [0.4, 0.5) is 4.39 Å². The van der Waals surface area contributed by atoms with Crippen LogP contribution in [-0.4, -0.2) is 63.4 Å². The largest absolute Gasteiger partial charge is 0.446 e. The van der Waals surface area contributed by atoms with Gasteiger partial charge >= 0.3 is 0 Å². The number of hydrogen-bond donors (Lipinski definition) is 5. The van der Waals surface area contributed by atoms with Gasteiger partial charge in [-0.1, -0.05) is 13.8 Å². The summed E-state index contributed by atoms with van der Waals surface area (Å²) in [5.74, 6) is -2.94. The lowest BCUT2D eigenvalue weighted by Gasteiger charge is -2.26. The number of halogens is 1. The van der Waals surface area contributed by atoms with E-state index in [-0.39, 0.29) is 36.2 Å². The summed E-state index contributed by atoms with van der Waals surface area (Å²) in [7, 11) is 0. The normalized spacial score (nSPS) is 22.3. The maximum absolute atomic E-state index is 13.2. The van der Waals surface area contributed by atoms with E-state index in [0.29, 0.717) is 19.3 Å². The molecule has 0 unspecified atom stereocenters. The lowest BCUT2D eigenvalue weighted by atomic mass is 10.0. The molecule has 1 aliphatic heterocycles. The zero-order chi connectivity index (χ0) is 27.8. The van der Waals surface area contributed by atoms with Crippen LogP contribution in [0.15, 0.2) is 29.0 Å². The Morgan fingerprint density at radius 2 is 1.95 bits per heavy atom. The van der Waals surface area contributed by atoms with E-state index in [1.807, 2.05) is 13.8 Å². The topological polar surface area (TPSA) is 176 Å². The number of rotatable bonds is 5. The molecule has 2 aromatic rings. The molecule has 2 bridgehead atoms. The van der Waals surface area contributed by atoms with Gasteiger partial charge in [-0.15, -0.1) is 0 Å². The molecule has 0 saturated carbocycles. The highest BCUT2D eigenvalue weighted by atomic mass is 19.1.